The number of hydrogen-bond donors (Lipinski definition) is 2. The lowest BCUT2D eigenvalue weighted by molar-refractivity contribution is 0.360. The van der Waals surface area contributed by atoms with Crippen molar-refractivity contribution < 1.29 is 0 Å². The molecular formula is C16H27N5. The largest absolute Gasteiger partial charge is 0.353 e. The Morgan fingerprint density at radius 1 is 1.19 bits per heavy atom. The fraction of sp³-hybridized carbons (Fsp3) is 0.750. The molecule has 116 valence electrons. The number of nitrogens with zero attached hydrogens (tertiary/aromatic N) is 3. The molecule has 0 bridgehead atoms. The van der Waals surface area contributed by atoms with E-state index in [0.717, 1.165) is 35.5 Å². The topological polar surface area (TPSA) is 67.1 Å². The lowest BCUT2D eigenvalue weighted by Crippen LogP contribution is -2.43. The SMILES string of the molecule is Cc1c(NN)nc(C(C)C)nc1N1CCCC2CCCC21. The molecule has 21 heavy (non-hydrogen) atoms. The number of hydrazine groups is 1. The molecule has 0 spiro atoms. The van der Waals surface area contributed by atoms with Crippen LogP contribution in [0.5, 0.6) is 0 Å². The zero-order chi connectivity index (χ0) is 15.0. The Morgan fingerprint density at radius 2 is 1.95 bits per heavy atom. The van der Waals surface area contributed by atoms with Gasteiger partial charge in [-0.25, -0.2) is 15.8 Å². The zero-order valence-electron chi connectivity index (χ0n) is 13.4. The van der Waals surface area contributed by atoms with Crippen LogP contribution < -0.4 is 16.2 Å². The molecule has 1 aliphatic heterocycles. The summed E-state index contributed by atoms with van der Waals surface area (Å²) in [7, 11) is 0. The maximum Gasteiger partial charge on any atom is 0.148 e. The molecule has 0 amide bonds. The Kier molecular flexibility index (Phi) is 4.02. The van der Waals surface area contributed by atoms with Gasteiger partial charge in [-0.05, 0) is 38.5 Å². The second-order valence-corrected chi connectivity index (χ2v) is 6.77. The van der Waals surface area contributed by atoms with Crippen LogP contribution in [0.3, 0.4) is 0 Å². The van der Waals surface area contributed by atoms with Crippen molar-refractivity contribution in [2.45, 2.75) is 64.8 Å². The average Bonchev–Trinajstić information content (AvgIpc) is 2.95. The van der Waals surface area contributed by atoms with E-state index >= 15 is 0 Å². The minimum absolute atomic E-state index is 0.306. The average molecular weight is 289 g/mol. The van der Waals surface area contributed by atoms with E-state index in [-0.39, 0.29) is 0 Å². The molecule has 1 aromatic heterocycles. The van der Waals surface area contributed by atoms with Crippen LogP contribution in [0.2, 0.25) is 0 Å². The number of fused-ring (bicyclic) bond motifs is 1. The van der Waals surface area contributed by atoms with Gasteiger partial charge in [0.15, 0.2) is 0 Å². The van der Waals surface area contributed by atoms with Crippen molar-refractivity contribution in [1.82, 2.24) is 9.97 Å². The maximum atomic E-state index is 5.67. The van der Waals surface area contributed by atoms with Crippen LogP contribution in [0.15, 0.2) is 0 Å². The Bertz CT molecular complexity index is 514. The Hall–Kier alpha value is -1.36. The Labute approximate surface area is 127 Å². The standard InChI is InChI=1S/C16H27N5/c1-10(2)14-18-15(20-17)11(3)16(19-14)21-9-5-7-12-6-4-8-13(12)21/h10,12-13H,4-9,17H2,1-3H3,(H,18,19,20). The van der Waals surface area contributed by atoms with Gasteiger partial charge in [0.2, 0.25) is 0 Å². The van der Waals surface area contributed by atoms with Crippen molar-refractivity contribution in [2.24, 2.45) is 11.8 Å². The van der Waals surface area contributed by atoms with Crippen LogP contribution >= 0.6 is 0 Å². The highest BCUT2D eigenvalue weighted by Gasteiger charge is 2.36. The van der Waals surface area contributed by atoms with Gasteiger partial charge < -0.3 is 10.3 Å². The third-order valence-corrected chi connectivity index (χ3v) is 5.06. The van der Waals surface area contributed by atoms with E-state index in [0.29, 0.717) is 12.0 Å². The molecule has 2 unspecified atom stereocenters. The number of rotatable bonds is 3. The van der Waals surface area contributed by atoms with Gasteiger partial charge in [-0.3, -0.25) is 0 Å². The van der Waals surface area contributed by atoms with Gasteiger partial charge in [-0.15, -0.1) is 0 Å². The minimum atomic E-state index is 0.306. The summed E-state index contributed by atoms with van der Waals surface area (Å²) >= 11 is 0. The summed E-state index contributed by atoms with van der Waals surface area (Å²) in [5.74, 6) is 9.57. The summed E-state index contributed by atoms with van der Waals surface area (Å²) in [4.78, 5) is 12.0. The van der Waals surface area contributed by atoms with E-state index in [1.54, 1.807) is 0 Å². The second kappa shape index (κ2) is 5.79. The van der Waals surface area contributed by atoms with E-state index in [9.17, 15) is 0 Å². The summed E-state index contributed by atoms with van der Waals surface area (Å²) in [6.07, 6.45) is 6.69. The minimum Gasteiger partial charge on any atom is -0.353 e. The van der Waals surface area contributed by atoms with Gasteiger partial charge in [0.25, 0.3) is 0 Å². The molecule has 2 fully saturated rings. The number of nitrogens with two attached hydrogens (primary N) is 1. The van der Waals surface area contributed by atoms with Gasteiger partial charge in [-0.2, -0.15) is 0 Å². The molecule has 2 aliphatic rings. The van der Waals surface area contributed by atoms with Gasteiger partial charge in [0.05, 0.1) is 0 Å². The highest BCUT2D eigenvalue weighted by molar-refractivity contribution is 5.59. The number of anilines is 2. The van der Waals surface area contributed by atoms with E-state index < -0.39 is 0 Å². The molecule has 5 nitrogen and oxygen atoms in total. The van der Waals surface area contributed by atoms with Crippen LogP contribution in [0.1, 0.15) is 63.3 Å². The summed E-state index contributed by atoms with van der Waals surface area (Å²) in [5, 5.41) is 0. The third-order valence-electron chi connectivity index (χ3n) is 5.06. The maximum absolute atomic E-state index is 5.67. The molecule has 2 heterocycles. The summed E-state index contributed by atoms with van der Waals surface area (Å²) in [6, 6.07) is 0.665. The number of nitrogen functional groups attached to an aromatic ring is 1. The summed E-state index contributed by atoms with van der Waals surface area (Å²) in [5.41, 5.74) is 3.83. The Balaban J connectivity index is 2.01. The van der Waals surface area contributed by atoms with Crippen LogP contribution in [0.25, 0.3) is 0 Å². The first-order valence-corrected chi connectivity index (χ1v) is 8.23. The van der Waals surface area contributed by atoms with Crippen molar-refractivity contribution in [2.75, 3.05) is 16.9 Å². The first-order chi connectivity index (χ1) is 10.1. The molecule has 0 radical (unpaired) electrons. The third kappa shape index (κ3) is 2.59. The molecule has 3 rings (SSSR count). The summed E-state index contributed by atoms with van der Waals surface area (Å²) < 4.78 is 0. The van der Waals surface area contributed by atoms with Crippen molar-refractivity contribution in [3.63, 3.8) is 0 Å². The molecule has 1 aromatic rings. The van der Waals surface area contributed by atoms with E-state index in [4.69, 9.17) is 10.8 Å². The predicted octanol–water partition coefficient (Wildman–Crippen LogP) is 2.96. The van der Waals surface area contributed by atoms with Gasteiger partial charge >= 0.3 is 0 Å². The zero-order valence-corrected chi connectivity index (χ0v) is 13.4. The molecule has 0 aromatic carbocycles. The van der Waals surface area contributed by atoms with Crippen LogP contribution in [-0.4, -0.2) is 22.6 Å². The quantitative estimate of drug-likeness (QED) is 0.661. The van der Waals surface area contributed by atoms with E-state index in [1.807, 2.05) is 0 Å². The number of aromatic nitrogens is 2. The lowest BCUT2D eigenvalue weighted by Gasteiger charge is -2.39. The lowest BCUT2D eigenvalue weighted by atomic mass is 9.91. The normalized spacial score (nSPS) is 25.3. The number of nitrogens with one attached hydrogen (secondary N) is 1. The highest BCUT2D eigenvalue weighted by Crippen LogP contribution is 2.40. The number of piperidine rings is 1. The molecule has 3 N–H and O–H groups in total. The fourth-order valence-corrected chi connectivity index (χ4v) is 3.92. The van der Waals surface area contributed by atoms with Gasteiger partial charge in [0.1, 0.15) is 17.5 Å². The Morgan fingerprint density at radius 3 is 2.67 bits per heavy atom. The van der Waals surface area contributed by atoms with Crippen molar-refractivity contribution >= 4 is 11.6 Å². The molecule has 2 atom stereocenters. The molecule has 1 saturated carbocycles. The molecule has 1 saturated heterocycles. The monoisotopic (exact) mass is 289 g/mol. The first kappa shape index (κ1) is 14.6. The smallest absolute Gasteiger partial charge is 0.148 e. The van der Waals surface area contributed by atoms with Crippen LogP contribution in [0, 0.1) is 12.8 Å². The van der Waals surface area contributed by atoms with Crippen molar-refractivity contribution in [3.05, 3.63) is 11.4 Å². The molecule has 1 aliphatic carbocycles. The fourth-order valence-electron chi connectivity index (χ4n) is 3.92. The van der Waals surface area contributed by atoms with Gasteiger partial charge in [0, 0.05) is 24.1 Å². The van der Waals surface area contributed by atoms with Crippen LogP contribution in [-0.2, 0) is 0 Å². The predicted molar refractivity (Wildman–Crippen MR) is 86.4 cm³/mol. The second-order valence-electron chi connectivity index (χ2n) is 6.77. The van der Waals surface area contributed by atoms with E-state index in [2.05, 4.69) is 36.1 Å². The van der Waals surface area contributed by atoms with Crippen molar-refractivity contribution in [3.8, 4) is 0 Å². The van der Waals surface area contributed by atoms with Crippen LogP contribution in [0.4, 0.5) is 11.6 Å². The number of hydrogen-bond acceptors (Lipinski definition) is 5. The van der Waals surface area contributed by atoms with Crippen molar-refractivity contribution in [1.29, 1.82) is 0 Å². The summed E-state index contributed by atoms with van der Waals surface area (Å²) in [6.45, 7) is 7.44. The molecular weight excluding hydrogens is 262 g/mol. The van der Waals surface area contributed by atoms with Gasteiger partial charge in [-0.1, -0.05) is 20.3 Å². The highest BCUT2D eigenvalue weighted by atomic mass is 15.3. The first-order valence-electron chi connectivity index (χ1n) is 8.23. The molecule has 5 heteroatoms. The van der Waals surface area contributed by atoms with E-state index in [1.165, 1.54) is 32.1 Å².